The predicted octanol–water partition coefficient (Wildman–Crippen LogP) is 0.439. The van der Waals surface area contributed by atoms with Crippen molar-refractivity contribution in [1.82, 2.24) is 20.0 Å². The Labute approximate surface area is 102 Å². The molecule has 1 amide bonds. The summed E-state index contributed by atoms with van der Waals surface area (Å²) in [5, 5.41) is 7.71. The van der Waals surface area contributed by atoms with Gasteiger partial charge < -0.3 is 10.2 Å². The summed E-state index contributed by atoms with van der Waals surface area (Å²) in [6, 6.07) is 0.400. The highest BCUT2D eigenvalue weighted by Crippen LogP contribution is 2.11. The SMILES string of the molecule is Cc1c(CNC2CCC(=O)N(C)C2)cnn1C. The Morgan fingerprint density at radius 1 is 1.53 bits per heavy atom. The quantitative estimate of drug-likeness (QED) is 0.828. The molecule has 1 saturated heterocycles. The van der Waals surface area contributed by atoms with E-state index in [0.717, 1.165) is 19.5 Å². The van der Waals surface area contributed by atoms with E-state index >= 15 is 0 Å². The summed E-state index contributed by atoms with van der Waals surface area (Å²) in [6.07, 6.45) is 3.49. The highest BCUT2D eigenvalue weighted by Gasteiger charge is 2.22. The third-order valence-electron chi connectivity index (χ3n) is 3.54. The first kappa shape index (κ1) is 12.1. The van der Waals surface area contributed by atoms with Gasteiger partial charge in [-0.3, -0.25) is 9.48 Å². The van der Waals surface area contributed by atoms with Crippen LogP contribution in [0.25, 0.3) is 0 Å². The lowest BCUT2D eigenvalue weighted by Crippen LogP contribution is -2.46. The van der Waals surface area contributed by atoms with Crippen molar-refractivity contribution >= 4 is 5.91 Å². The lowest BCUT2D eigenvalue weighted by Gasteiger charge is -2.30. The summed E-state index contributed by atoms with van der Waals surface area (Å²) in [7, 11) is 3.82. The van der Waals surface area contributed by atoms with Gasteiger partial charge in [-0.2, -0.15) is 5.10 Å². The maximum Gasteiger partial charge on any atom is 0.222 e. The van der Waals surface area contributed by atoms with Crippen molar-refractivity contribution in [2.45, 2.75) is 32.4 Å². The fourth-order valence-electron chi connectivity index (χ4n) is 2.15. The molecule has 94 valence electrons. The van der Waals surface area contributed by atoms with Crippen LogP contribution in [0.15, 0.2) is 6.20 Å². The number of aryl methyl sites for hydroxylation is 1. The van der Waals surface area contributed by atoms with E-state index in [2.05, 4.69) is 17.3 Å². The highest BCUT2D eigenvalue weighted by atomic mass is 16.2. The molecule has 0 aromatic carbocycles. The molecule has 2 heterocycles. The smallest absolute Gasteiger partial charge is 0.222 e. The molecule has 0 saturated carbocycles. The van der Waals surface area contributed by atoms with Gasteiger partial charge in [0, 0.05) is 50.9 Å². The molecule has 1 aliphatic heterocycles. The highest BCUT2D eigenvalue weighted by molar-refractivity contribution is 5.76. The first-order chi connectivity index (χ1) is 8.08. The Balaban J connectivity index is 1.87. The number of hydrogen-bond acceptors (Lipinski definition) is 3. The van der Waals surface area contributed by atoms with E-state index in [1.54, 1.807) is 4.90 Å². The van der Waals surface area contributed by atoms with Crippen LogP contribution in [0.1, 0.15) is 24.1 Å². The number of nitrogens with zero attached hydrogens (tertiary/aromatic N) is 3. The molecule has 1 unspecified atom stereocenters. The minimum absolute atomic E-state index is 0.251. The molecule has 0 bridgehead atoms. The molecular formula is C12H20N4O. The molecule has 1 atom stereocenters. The number of likely N-dealkylation sites (tertiary alicyclic amines) is 1. The molecule has 1 fully saturated rings. The average Bonchev–Trinajstić information content (AvgIpc) is 2.62. The largest absolute Gasteiger partial charge is 0.344 e. The molecule has 1 aromatic rings. The van der Waals surface area contributed by atoms with Crippen molar-refractivity contribution in [3.63, 3.8) is 0 Å². The number of carbonyl (C=O) groups is 1. The van der Waals surface area contributed by atoms with Crippen molar-refractivity contribution in [3.05, 3.63) is 17.5 Å². The second-order valence-electron chi connectivity index (χ2n) is 4.77. The molecule has 17 heavy (non-hydrogen) atoms. The standard InChI is InChI=1S/C12H20N4O/c1-9-10(7-14-16(9)3)6-13-11-4-5-12(17)15(2)8-11/h7,11,13H,4-6,8H2,1-3H3. The number of rotatable bonds is 3. The van der Waals surface area contributed by atoms with Crippen LogP contribution in [-0.2, 0) is 18.4 Å². The summed E-state index contributed by atoms with van der Waals surface area (Å²) in [4.78, 5) is 13.2. The maximum atomic E-state index is 11.4. The second kappa shape index (κ2) is 4.87. The number of likely N-dealkylation sites (N-methyl/N-ethyl adjacent to an activating group) is 1. The van der Waals surface area contributed by atoms with Crippen molar-refractivity contribution in [2.75, 3.05) is 13.6 Å². The fraction of sp³-hybridized carbons (Fsp3) is 0.667. The predicted molar refractivity (Wildman–Crippen MR) is 65.4 cm³/mol. The summed E-state index contributed by atoms with van der Waals surface area (Å²) in [5.74, 6) is 0.251. The minimum atomic E-state index is 0.251. The van der Waals surface area contributed by atoms with Crippen LogP contribution in [0, 0.1) is 6.92 Å². The Morgan fingerprint density at radius 2 is 2.29 bits per heavy atom. The zero-order valence-electron chi connectivity index (χ0n) is 10.7. The number of carbonyl (C=O) groups excluding carboxylic acids is 1. The van der Waals surface area contributed by atoms with Gasteiger partial charge in [0.05, 0.1) is 6.20 Å². The van der Waals surface area contributed by atoms with Gasteiger partial charge in [0.1, 0.15) is 0 Å². The third-order valence-corrected chi connectivity index (χ3v) is 3.54. The van der Waals surface area contributed by atoms with Crippen LogP contribution in [0.2, 0.25) is 0 Å². The van der Waals surface area contributed by atoms with E-state index < -0.39 is 0 Å². The number of amides is 1. The van der Waals surface area contributed by atoms with Gasteiger partial charge >= 0.3 is 0 Å². The molecular weight excluding hydrogens is 216 g/mol. The van der Waals surface area contributed by atoms with Crippen molar-refractivity contribution in [1.29, 1.82) is 0 Å². The Morgan fingerprint density at radius 3 is 2.88 bits per heavy atom. The summed E-state index contributed by atoms with van der Waals surface area (Å²) < 4.78 is 1.88. The lowest BCUT2D eigenvalue weighted by atomic mass is 10.1. The number of hydrogen-bond donors (Lipinski definition) is 1. The molecule has 1 N–H and O–H groups in total. The first-order valence-electron chi connectivity index (χ1n) is 6.02. The van der Waals surface area contributed by atoms with E-state index in [0.29, 0.717) is 12.5 Å². The van der Waals surface area contributed by atoms with Gasteiger partial charge in [-0.15, -0.1) is 0 Å². The van der Waals surface area contributed by atoms with Gasteiger partial charge in [0.15, 0.2) is 0 Å². The Bertz CT molecular complexity index is 413. The van der Waals surface area contributed by atoms with Crippen molar-refractivity contribution in [2.24, 2.45) is 7.05 Å². The zero-order chi connectivity index (χ0) is 12.4. The van der Waals surface area contributed by atoms with E-state index in [-0.39, 0.29) is 5.91 Å². The summed E-state index contributed by atoms with van der Waals surface area (Å²) in [6.45, 7) is 3.70. The minimum Gasteiger partial charge on any atom is -0.344 e. The second-order valence-corrected chi connectivity index (χ2v) is 4.77. The van der Waals surface area contributed by atoms with Gasteiger partial charge in [0.2, 0.25) is 5.91 Å². The van der Waals surface area contributed by atoms with Crippen LogP contribution in [0.5, 0.6) is 0 Å². The van der Waals surface area contributed by atoms with Crippen LogP contribution in [0.4, 0.5) is 0 Å². The first-order valence-corrected chi connectivity index (χ1v) is 6.02. The average molecular weight is 236 g/mol. The van der Waals surface area contributed by atoms with Gasteiger partial charge in [-0.05, 0) is 13.3 Å². The van der Waals surface area contributed by atoms with Crippen LogP contribution in [-0.4, -0.2) is 40.2 Å². The monoisotopic (exact) mass is 236 g/mol. The lowest BCUT2D eigenvalue weighted by molar-refractivity contribution is -0.132. The number of aromatic nitrogens is 2. The van der Waals surface area contributed by atoms with E-state index in [9.17, 15) is 4.79 Å². The van der Waals surface area contributed by atoms with Gasteiger partial charge in [0.25, 0.3) is 0 Å². The van der Waals surface area contributed by atoms with Gasteiger partial charge in [-0.25, -0.2) is 0 Å². The number of piperidine rings is 1. The van der Waals surface area contributed by atoms with Crippen LogP contribution >= 0.6 is 0 Å². The Kier molecular flexibility index (Phi) is 3.47. The Hall–Kier alpha value is -1.36. The summed E-state index contributed by atoms with van der Waals surface area (Å²) in [5.41, 5.74) is 2.42. The molecule has 0 aliphatic carbocycles. The zero-order valence-corrected chi connectivity index (χ0v) is 10.7. The van der Waals surface area contributed by atoms with Crippen molar-refractivity contribution in [3.8, 4) is 0 Å². The van der Waals surface area contributed by atoms with Gasteiger partial charge in [-0.1, -0.05) is 0 Å². The van der Waals surface area contributed by atoms with E-state index in [1.165, 1.54) is 11.3 Å². The molecule has 1 aromatic heterocycles. The normalized spacial score (nSPS) is 21.0. The molecule has 1 aliphatic rings. The van der Waals surface area contributed by atoms with Crippen LogP contribution < -0.4 is 5.32 Å². The molecule has 0 spiro atoms. The van der Waals surface area contributed by atoms with E-state index in [1.807, 2.05) is 25.0 Å². The topological polar surface area (TPSA) is 50.2 Å². The molecule has 0 radical (unpaired) electrons. The van der Waals surface area contributed by atoms with Crippen molar-refractivity contribution < 1.29 is 4.79 Å². The summed E-state index contributed by atoms with van der Waals surface area (Å²) >= 11 is 0. The molecule has 2 rings (SSSR count). The van der Waals surface area contributed by atoms with Crippen LogP contribution in [0.3, 0.4) is 0 Å². The molecule has 5 nitrogen and oxygen atoms in total. The fourth-order valence-corrected chi connectivity index (χ4v) is 2.15. The molecule has 5 heteroatoms. The maximum absolute atomic E-state index is 11.4. The van der Waals surface area contributed by atoms with E-state index in [4.69, 9.17) is 0 Å². The third kappa shape index (κ3) is 2.66. The number of nitrogens with one attached hydrogen (secondary N) is 1.